The van der Waals surface area contributed by atoms with Gasteiger partial charge < -0.3 is 15.8 Å². The summed E-state index contributed by atoms with van der Waals surface area (Å²) in [4.78, 5) is 0. The van der Waals surface area contributed by atoms with Gasteiger partial charge in [0.25, 0.3) is 0 Å². The maximum Gasteiger partial charge on any atom is 0.0849 e. The lowest BCUT2D eigenvalue weighted by Gasteiger charge is -2.03. The van der Waals surface area contributed by atoms with E-state index in [1.54, 1.807) is 13.1 Å². The van der Waals surface area contributed by atoms with E-state index in [0.29, 0.717) is 0 Å². The molecule has 15 heavy (non-hydrogen) atoms. The molecule has 0 saturated heterocycles. The minimum Gasteiger partial charge on any atom is -0.390 e. The Balaban J connectivity index is 2.42. The van der Waals surface area contributed by atoms with E-state index in [1.807, 2.05) is 30.3 Å². The average molecular weight is 204 g/mol. The zero-order chi connectivity index (χ0) is 11.1. The first kappa shape index (κ1) is 11.5. The van der Waals surface area contributed by atoms with Crippen LogP contribution in [-0.4, -0.2) is 17.4 Å². The highest BCUT2D eigenvalue weighted by Crippen LogP contribution is 1.98. The van der Waals surface area contributed by atoms with E-state index in [0.717, 1.165) is 12.1 Å². The fourth-order valence-electron chi connectivity index (χ4n) is 1.13. The molecular weight excluding hydrogens is 188 g/mol. The van der Waals surface area contributed by atoms with E-state index in [-0.39, 0.29) is 12.3 Å². The molecule has 80 valence electrons. The zero-order valence-electron chi connectivity index (χ0n) is 8.83. The number of hydrogen-bond acceptors (Lipinski definition) is 3. The van der Waals surface area contributed by atoms with Crippen molar-refractivity contribution in [2.24, 2.45) is 0 Å². The van der Waals surface area contributed by atoms with Gasteiger partial charge in [-0.05, 0) is 18.1 Å². The lowest BCUT2D eigenvalue weighted by molar-refractivity contribution is 0.357. The van der Waals surface area contributed by atoms with Crippen LogP contribution in [0.4, 0.5) is 0 Å². The minimum absolute atomic E-state index is 0.213. The summed E-state index contributed by atoms with van der Waals surface area (Å²) in [5, 5.41) is 19.2. The Bertz CT molecular complexity index is 344. The second-order valence-electron chi connectivity index (χ2n) is 3.33. The van der Waals surface area contributed by atoms with E-state index in [9.17, 15) is 0 Å². The fraction of sp³-hybridized carbons (Fsp3) is 0.250. The van der Waals surface area contributed by atoms with E-state index in [4.69, 9.17) is 10.5 Å². The van der Waals surface area contributed by atoms with Crippen molar-refractivity contribution >= 4 is 5.71 Å². The lowest BCUT2D eigenvalue weighted by atomic mass is 10.2. The molecule has 3 N–H and O–H groups in total. The summed E-state index contributed by atoms with van der Waals surface area (Å²) in [7, 11) is 0. The van der Waals surface area contributed by atoms with Crippen molar-refractivity contribution in [3.05, 3.63) is 47.7 Å². The largest absolute Gasteiger partial charge is 0.390 e. The van der Waals surface area contributed by atoms with Crippen LogP contribution in [0, 0.1) is 5.41 Å². The van der Waals surface area contributed by atoms with Crippen molar-refractivity contribution in [2.75, 3.05) is 6.61 Å². The molecule has 0 heterocycles. The SMILES string of the molecule is C/C(=C/NCc1ccccc1)C(=N)CO. The van der Waals surface area contributed by atoms with Crippen molar-refractivity contribution in [2.45, 2.75) is 13.5 Å². The van der Waals surface area contributed by atoms with Gasteiger partial charge in [0.1, 0.15) is 0 Å². The fourth-order valence-corrected chi connectivity index (χ4v) is 1.13. The van der Waals surface area contributed by atoms with Crippen molar-refractivity contribution in [3.8, 4) is 0 Å². The molecule has 1 aromatic rings. The molecular formula is C12H16N2O. The van der Waals surface area contributed by atoms with Crippen LogP contribution in [0.2, 0.25) is 0 Å². The Labute approximate surface area is 90.0 Å². The van der Waals surface area contributed by atoms with Crippen LogP contribution >= 0.6 is 0 Å². The number of rotatable bonds is 5. The van der Waals surface area contributed by atoms with E-state index >= 15 is 0 Å². The van der Waals surface area contributed by atoms with Crippen molar-refractivity contribution in [3.63, 3.8) is 0 Å². The van der Waals surface area contributed by atoms with Gasteiger partial charge in [-0.25, -0.2) is 0 Å². The quantitative estimate of drug-likeness (QED) is 0.639. The van der Waals surface area contributed by atoms with Gasteiger partial charge in [-0.15, -0.1) is 0 Å². The molecule has 0 aliphatic carbocycles. The van der Waals surface area contributed by atoms with Gasteiger partial charge in [-0.3, -0.25) is 0 Å². The predicted octanol–water partition coefficient (Wildman–Crippen LogP) is 1.69. The van der Waals surface area contributed by atoms with E-state index in [1.165, 1.54) is 5.56 Å². The molecule has 1 aromatic carbocycles. The molecule has 0 aliphatic rings. The van der Waals surface area contributed by atoms with Crippen LogP contribution in [0.3, 0.4) is 0 Å². The number of benzene rings is 1. The summed E-state index contributed by atoms with van der Waals surface area (Å²) in [5.41, 5.74) is 2.20. The molecule has 0 unspecified atom stereocenters. The predicted molar refractivity (Wildman–Crippen MR) is 61.9 cm³/mol. The zero-order valence-corrected chi connectivity index (χ0v) is 8.83. The summed E-state index contributed by atoms with van der Waals surface area (Å²) in [6.07, 6.45) is 1.76. The van der Waals surface area contributed by atoms with Gasteiger partial charge in [0.2, 0.25) is 0 Å². The van der Waals surface area contributed by atoms with Gasteiger partial charge in [-0.1, -0.05) is 30.3 Å². The Hall–Kier alpha value is -1.61. The lowest BCUT2D eigenvalue weighted by Crippen LogP contribution is -2.10. The van der Waals surface area contributed by atoms with Crippen LogP contribution in [0.15, 0.2) is 42.1 Å². The smallest absolute Gasteiger partial charge is 0.0849 e. The average Bonchev–Trinajstić information content (AvgIpc) is 2.29. The molecule has 0 spiro atoms. The van der Waals surface area contributed by atoms with Crippen LogP contribution in [0.1, 0.15) is 12.5 Å². The number of aliphatic hydroxyl groups excluding tert-OH is 1. The van der Waals surface area contributed by atoms with Crippen LogP contribution in [0.5, 0.6) is 0 Å². The van der Waals surface area contributed by atoms with Crippen molar-refractivity contribution in [1.29, 1.82) is 5.41 Å². The summed E-state index contributed by atoms with van der Waals surface area (Å²) >= 11 is 0. The molecule has 1 rings (SSSR count). The normalized spacial score (nSPS) is 11.2. The standard InChI is InChI=1S/C12H16N2O/c1-10(12(13)9-15)7-14-8-11-5-3-2-4-6-11/h2-7,13-15H,8-9H2,1H3/b10-7-,13-12?. The van der Waals surface area contributed by atoms with E-state index in [2.05, 4.69) is 5.32 Å². The third kappa shape index (κ3) is 3.95. The summed E-state index contributed by atoms with van der Waals surface area (Å²) in [5.74, 6) is 0. The van der Waals surface area contributed by atoms with Crippen molar-refractivity contribution < 1.29 is 5.11 Å². The monoisotopic (exact) mass is 204 g/mol. The number of hydrogen-bond donors (Lipinski definition) is 3. The summed E-state index contributed by atoms with van der Waals surface area (Å²) < 4.78 is 0. The molecule has 0 amide bonds. The minimum atomic E-state index is -0.213. The Morgan fingerprint density at radius 2 is 2.07 bits per heavy atom. The first-order valence-corrected chi connectivity index (χ1v) is 4.86. The highest BCUT2D eigenvalue weighted by Gasteiger charge is 1.95. The summed E-state index contributed by atoms with van der Waals surface area (Å²) in [6, 6.07) is 10.0. The highest BCUT2D eigenvalue weighted by atomic mass is 16.3. The molecule has 0 aromatic heterocycles. The highest BCUT2D eigenvalue weighted by molar-refractivity contribution is 5.97. The first-order valence-electron chi connectivity index (χ1n) is 4.86. The number of aliphatic hydroxyl groups is 1. The Morgan fingerprint density at radius 1 is 1.40 bits per heavy atom. The molecule has 0 aliphatic heterocycles. The molecule has 0 saturated carbocycles. The molecule has 0 atom stereocenters. The molecule has 3 nitrogen and oxygen atoms in total. The van der Waals surface area contributed by atoms with Crippen LogP contribution < -0.4 is 5.32 Å². The van der Waals surface area contributed by atoms with Gasteiger partial charge in [-0.2, -0.15) is 0 Å². The van der Waals surface area contributed by atoms with Gasteiger partial charge in [0.15, 0.2) is 0 Å². The molecule has 3 heteroatoms. The van der Waals surface area contributed by atoms with Crippen LogP contribution in [-0.2, 0) is 6.54 Å². The summed E-state index contributed by atoms with van der Waals surface area (Å²) in [6.45, 7) is 2.32. The Morgan fingerprint density at radius 3 is 2.67 bits per heavy atom. The second-order valence-corrected chi connectivity index (χ2v) is 3.33. The van der Waals surface area contributed by atoms with Gasteiger partial charge >= 0.3 is 0 Å². The molecule has 0 bridgehead atoms. The number of nitrogens with one attached hydrogen (secondary N) is 2. The Kier molecular flexibility index (Phi) is 4.57. The van der Waals surface area contributed by atoms with Gasteiger partial charge in [0.05, 0.1) is 12.3 Å². The molecule has 0 radical (unpaired) electrons. The topological polar surface area (TPSA) is 56.1 Å². The molecule has 0 fully saturated rings. The maximum absolute atomic E-state index is 8.73. The van der Waals surface area contributed by atoms with Crippen LogP contribution in [0.25, 0.3) is 0 Å². The van der Waals surface area contributed by atoms with E-state index < -0.39 is 0 Å². The first-order chi connectivity index (χ1) is 7.24. The third-order valence-electron chi connectivity index (χ3n) is 2.10. The second kappa shape index (κ2) is 5.98. The van der Waals surface area contributed by atoms with Gasteiger partial charge in [0, 0.05) is 12.7 Å². The van der Waals surface area contributed by atoms with Crippen molar-refractivity contribution in [1.82, 2.24) is 5.32 Å². The third-order valence-corrected chi connectivity index (χ3v) is 2.10. The maximum atomic E-state index is 8.73.